The van der Waals surface area contributed by atoms with Gasteiger partial charge in [0, 0.05) is 26.1 Å². The number of benzene rings is 1. The first-order valence-electron chi connectivity index (χ1n) is 7.13. The smallest absolute Gasteiger partial charge is 0.154 e. The number of aliphatic hydroxyl groups is 1. The molecule has 1 aromatic carbocycles. The summed E-state index contributed by atoms with van der Waals surface area (Å²) in [6.45, 7) is 1.64. The van der Waals surface area contributed by atoms with E-state index in [4.69, 9.17) is 0 Å². The second kappa shape index (κ2) is 5.40. The first-order chi connectivity index (χ1) is 10.4. The van der Waals surface area contributed by atoms with E-state index in [2.05, 4.69) is 15.6 Å². The highest BCUT2D eigenvalue weighted by atomic mass is 19.1. The quantitative estimate of drug-likeness (QED) is 0.832. The number of aromatic nitrogens is 3. The van der Waals surface area contributed by atoms with Crippen LogP contribution in [-0.4, -0.2) is 26.4 Å². The number of rotatable bonds is 2. The van der Waals surface area contributed by atoms with Crippen molar-refractivity contribution in [3.63, 3.8) is 0 Å². The van der Waals surface area contributed by atoms with Gasteiger partial charge < -0.3 is 5.11 Å². The van der Waals surface area contributed by atoms with Crippen LogP contribution in [0.4, 0.5) is 8.78 Å². The lowest BCUT2D eigenvalue weighted by Gasteiger charge is -2.39. The highest BCUT2D eigenvalue weighted by molar-refractivity contribution is 5.29. The van der Waals surface area contributed by atoms with Gasteiger partial charge in [-0.05, 0) is 24.1 Å². The fraction of sp³-hybridized carbons (Fsp3) is 0.467. The Morgan fingerprint density at radius 3 is 2.82 bits per heavy atom. The minimum absolute atomic E-state index is 0.133. The van der Waals surface area contributed by atoms with Gasteiger partial charge in [0.2, 0.25) is 0 Å². The van der Waals surface area contributed by atoms with Crippen molar-refractivity contribution < 1.29 is 13.9 Å². The summed E-state index contributed by atoms with van der Waals surface area (Å²) < 4.78 is 29.4. The molecule has 5 nitrogen and oxygen atoms in total. The van der Waals surface area contributed by atoms with Crippen molar-refractivity contribution in [1.29, 1.82) is 0 Å². The minimum atomic E-state index is -1.44. The molecule has 1 aliphatic rings. The molecule has 118 valence electrons. The first-order valence-corrected chi connectivity index (χ1v) is 7.13. The van der Waals surface area contributed by atoms with Crippen LogP contribution in [0.2, 0.25) is 0 Å². The van der Waals surface area contributed by atoms with E-state index < -0.39 is 23.8 Å². The second-order valence-corrected chi connectivity index (χ2v) is 5.91. The summed E-state index contributed by atoms with van der Waals surface area (Å²) >= 11 is 0. The van der Waals surface area contributed by atoms with Crippen molar-refractivity contribution in [3.05, 3.63) is 47.0 Å². The summed E-state index contributed by atoms with van der Waals surface area (Å²) in [6.07, 6.45) is 0.335. The second-order valence-electron chi connectivity index (χ2n) is 5.91. The Hall–Kier alpha value is -1.86. The van der Waals surface area contributed by atoms with E-state index in [0.29, 0.717) is 16.8 Å². The predicted molar refractivity (Wildman–Crippen MR) is 76.0 cm³/mol. The zero-order chi connectivity index (χ0) is 15.9. The Morgan fingerprint density at radius 2 is 2.18 bits per heavy atom. The fourth-order valence-electron chi connectivity index (χ4n) is 2.89. The van der Waals surface area contributed by atoms with E-state index in [1.807, 2.05) is 0 Å². The molecule has 0 amide bonds. The number of nitrogens with zero attached hydrogens (tertiary/aromatic N) is 3. The normalized spacial score (nSPS) is 28.8. The molecule has 1 fully saturated rings. The van der Waals surface area contributed by atoms with Gasteiger partial charge in [-0.1, -0.05) is 17.3 Å². The van der Waals surface area contributed by atoms with Crippen LogP contribution in [0.3, 0.4) is 0 Å². The Kier molecular flexibility index (Phi) is 3.70. The van der Waals surface area contributed by atoms with Crippen molar-refractivity contribution in [2.24, 2.45) is 7.05 Å². The Balaban J connectivity index is 1.93. The van der Waals surface area contributed by atoms with Gasteiger partial charge in [-0.3, -0.25) is 10.00 Å². The molecule has 2 heterocycles. The number of aryl methyl sites for hydroxylation is 2. The predicted octanol–water partition coefficient (Wildman–Crippen LogP) is 1.87. The van der Waals surface area contributed by atoms with Gasteiger partial charge in [0.25, 0.3) is 0 Å². The average Bonchev–Trinajstić information content (AvgIpc) is 2.87. The van der Waals surface area contributed by atoms with Gasteiger partial charge in [0.1, 0.15) is 5.82 Å². The zero-order valence-corrected chi connectivity index (χ0v) is 12.4. The summed E-state index contributed by atoms with van der Waals surface area (Å²) in [4.78, 5) is 0. The molecule has 0 radical (unpaired) electrons. The molecule has 3 rings (SSSR count). The van der Waals surface area contributed by atoms with Crippen LogP contribution in [0.1, 0.15) is 35.7 Å². The lowest BCUT2D eigenvalue weighted by molar-refractivity contribution is -0.0501. The summed E-state index contributed by atoms with van der Waals surface area (Å²) in [7, 11) is 1.72. The van der Waals surface area contributed by atoms with E-state index in [9.17, 15) is 13.9 Å². The van der Waals surface area contributed by atoms with Gasteiger partial charge in [-0.15, -0.1) is 5.10 Å². The molecule has 1 aromatic heterocycles. The fourth-order valence-corrected chi connectivity index (χ4v) is 2.89. The molecule has 7 heteroatoms. The maximum atomic E-state index is 14.1. The maximum absolute atomic E-state index is 14.1. The number of nitrogens with one attached hydrogen (secondary N) is 1. The summed E-state index contributed by atoms with van der Waals surface area (Å²) in [5.74, 6) is -0.407. The van der Waals surface area contributed by atoms with Gasteiger partial charge in [0.15, 0.2) is 6.30 Å². The molecule has 1 saturated heterocycles. The van der Waals surface area contributed by atoms with E-state index >= 15 is 0 Å². The molecular formula is C15H18F2N4O. The van der Waals surface area contributed by atoms with Crippen LogP contribution in [0.5, 0.6) is 0 Å². The summed E-state index contributed by atoms with van der Waals surface area (Å²) in [6, 6.07) is 4.03. The molecule has 2 N–H and O–H groups in total. The van der Waals surface area contributed by atoms with E-state index in [0.717, 1.165) is 0 Å². The molecule has 22 heavy (non-hydrogen) atoms. The molecule has 0 aliphatic carbocycles. The van der Waals surface area contributed by atoms with Crippen molar-refractivity contribution in [3.8, 4) is 0 Å². The highest BCUT2D eigenvalue weighted by Crippen LogP contribution is 2.40. The van der Waals surface area contributed by atoms with Crippen molar-refractivity contribution in [2.75, 3.05) is 0 Å². The number of alkyl halides is 1. The van der Waals surface area contributed by atoms with Crippen LogP contribution in [0.25, 0.3) is 0 Å². The lowest BCUT2D eigenvalue weighted by atomic mass is 9.80. The van der Waals surface area contributed by atoms with E-state index in [1.54, 1.807) is 32.3 Å². The standard InChI is InChI=1S/C15H18F2N4O/c1-9-3-4-10(5-11(9)16)15(22)6-12(18-14(17)7-15)13-8-21(2)20-19-13/h3-5,8,12,14,18,22H,6-7H2,1-2H3/t12-,14+,15+/m0/s1. The van der Waals surface area contributed by atoms with Crippen molar-refractivity contribution in [2.45, 2.75) is 37.7 Å². The summed E-state index contributed by atoms with van der Waals surface area (Å²) in [5, 5.41) is 21.4. The molecule has 0 bridgehead atoms. The molecule has 0 unspecified atom stereocenters. The third kappa shape index (κ3) is 2.74. The largest absolute Gasteiger partial charge is 0.385 e. The molecular weight excluding hydrogens is 290 g/mol. The topological polar surface area (TPSA) is 63.0 Å². The van der Waals surface area contributed by atoms with Gasteiger partial charge in [-0.25, -0.2) is 8.78 Å². The van der Waals surface area contributed by atoms with Crippen LogP contribution < -0.4 is 5.32 Å². The maximum Gasteiger partial charge on any atom is 0.154 e. The average molecular weight is 308 g/mol. The number of halogens is 2. The Bertz CT molecular complexity index is 690. The molecule has 3 atom stereocenters. The van der Waals surface area contributed by atoms with Crippen LogP contribution >= 0.6 is 0 Å². The minimum Gasteiger partial charge on any atom is -0.385 e. The van der Waals surface area contributed by atoms with Crippen molar-refractivity contribution >= 4 is 0 Å². The van der Waals surface area contributed by atoms with E-state index in [-0.39, 0.29) is 12.8 Å². The number of piperidine rings is 1. The Morgan fingerprint density at radius 1 is 1.41 bits per heavy atom. The SMILES string of the molecule is Cc1ccc([C@@]2(O)C[C@@H](c3cn(C)nn3)N[C@@H](F)C2)cc1F. The van der Waals surface area contributed by atoms with Crippen LogP contribution in [0, 0.1) is 12.7 Å². The first kappa shape index (κ1) is 15.1. The third-order valence-electron chi connectivity index (χ3n) is 4.13. The zero-order valence-electron chi connectivity index (χ0n) is 12.4. The molecule has 1 aliphatic heterocycles. The summed E-state index contributed by atoms with van der Waals surface area (Å²) in [5.41, 5.74) is -0.0189. The number of hydrogen-bond donors (Lipinski definition) is 2. The molecule has 0 saturated carbocycles. The monoisotopic (exact) mass is 308 g/mol. The third-order valence-corrected chi connectivity index (χ3v) is 4.13. The van der Waals surface area contributed by atoms with Crippen LogP contribution in [-0.2, 0) is 12.6 Å². The van der Waals surface area contributed by atoms with Gasteiger partial charge >= 0.3 is 0 Å². The van der Waals surface area contributed by atoms with Crippen LogP contribution in [0.15, 0.2) is 24.4 Å². The Labute approximate surface area is 127 Å². The van der Waals surface area contributed by atoms with Gasteiger partial charge in [0.05, 0.1) is 17.3 Å². The van der Waals surface area contributed by atoms with E-state index in [1.165, 1.54) is 10.7 Å². The highest BCUT2D eigenvalue weighted by Gasteiger charge is 2.42. The molecule has 2 aromatic rings. The van der Waals surface area contributed by atoms with Crippen molar-refractivity contribution in [1.82, 2.24) is 20.3 Å². The lowest BCUT2D eigenvalue weighted by Crippen LogP contribution is -2.46. The molecule has 0 spiro atoms. The van der Waals surface area contributed by atoms with Gasteiger partial charge in [-0.2, -0.15) is 0 Å². The number of hydrogen-bond acceptors (Lipinski definition) is 4.